The highest BCUT2D eigenvalue weighted by molar-refractivity contribution is 5.73. The summed E-state index contributed by atoms with van der Waals surface area (Å²) in [6.45, 7) is 7.68. The van der Waals surface area contributed by atoms with Crippen LogP contribution >= 0.6 is 0 Å². The minimum atomic E-state index is -4.54. The van der Waals surface area contributed by atoms with Crippen molar-refractivity contribution in [1.29, 1.82) is 0 Å². The van der Waals surface area contributed by atoms with E-state index in [1.165, 1.54) is 6.20 Å². The van der Waals surface area contributed by atoms with Gasteiger partial charge in [-0.3, -0.25) is 9.88 Å². The molecule has 0 fully saturated rings. The second kappa shape index (κ2) is 6.55. The van der Waals surface area contributed by atoms with Gasteiger partial charge in [0.25, 0.3) is 0 Å². The van der Waals surface area contributed by atoms with E-state index in [4.69, 9.17) is 4.74 Å². The Balaban J connectivity index is 1.93. The predicted octanol–water partition coefficient (Wildman–Crippen LogP) is 5.33. The molecule has 1 aliphatic heterocycles. The number of aromatic nitrogens is 1. The first-order valence-electron chi connectivity index (χ1n) is 8.58. The average molecular weight is 378 g/mol. The van der Waals surface area contributed by atoms with Crippen molar-refractivity contribution >= 4 is 6.09 Å². The van der Waals surface area contributed by atoms with Gasteiger partial charge in [-0.05, 0) is 62.1 Å². The van der Waals surface area contributed by atoms with Crippen molar-refractivity contribution in [3.63, 3.8) is 0 Å². The monoisotopic (exact) mass is 378 g/mol. The molecule has 2 heterocycles. The number of amides is 1. The van der Waals surface area contributed by atoms with Gasteiger partial charge in [0.05, 0.1) is 0 Å². The first kappa shape index (κ1) is 19.2. The van der Waals surface area contributed by atoms with Crippen LogP contribution < -0.4 is 0 Å². The summed E-state index contributed by atoms with van der Waals surface area (Å²) < 4.78 is 45.5. The van der Waals surface area contributed by atoms with E-state index in [2.05, 4.69) is 4.98 Å². The first-order valence-corrected chi connectivity index (χ1v) is 8.58. The highest BCUT2D eigenvalue weighted by Gasteiger charge is 2.36. The van der Waals surface area contributed by atoms with Gasteiger partial charge in [0, 0.05) is 24.8 Å². The van der Waals surface area contributed by atoms with Gasteiger partial charge in [0.2, 0.25) is 0 Å². The minimum Gasteiger partial charge on any atom is -0.444 e. The van der Waals surface area contributed by atoms with Crippen LogP contribution in [-0.4, -0.2) is 21.6 Å². The lowest BCUT2D eigenvalue weighted by atomic mass is 9.96. The molecule has 0 saturated heterocycles. The van der Waals surface area contributed by atoms with Crippen molar-refractivity contribution in [2.75, 3.05) is 0 Å². The van der Waals surface area contributed by atoms with Crippen LogP contribution in [0, 0.1) is 6.92 Å². The maximum Gasteiger partial charge on any atom is 0.433 e. The van der Waals surface area contributed by atoms with Crippen LogP contribution in [0.25, 0.3) is 11.1 Å². The summed E-state index contributed by atoms with van der Waals surface area (Å²) in [5.41, 5.74) is 1.23. The Kier molecular flexibility index (Phi) is 4.66. The van der Waals surface area contributed by atoms with Gasteiger partial charge in [0.1, 0.15) is 5.60 Å². The topological polar surface area (TPSA) is 42.4 Å². The van der Waals surface area contributed by atoms with Crippen molar-refractivity contribution < 1.29 is 22.7 Å². The van der Waals surface area contributed by atoms with Gasteiger partial charge in [-0.2, -0.15) is 13.2 Å². The predicted molar refractivity (Wildman–Crippen MR) is 94.9 cm³/mol. The molecule has 0 N–H and O–H groups in total. The molecule has 3 rings (SSSR count). The summed E-state index contributed by atoms with van der Waals surface area (Å²) in [4.78, 5) is 17.4. The number of carbonyl (C=O) groups excluding carboxylic acids is 1. The third-order valence-corrected chi connectivity index (χ3v) is 4.30. The molecule has 1 amide bonds. The smallest absolute Gasteiger partial charge is 0.433 e. The number of halogens is 3. The molecule has 0 atom stereocenters. The van der Waals surface area contributed by atoms with Crippen LogP contribution in [-0.2, 0) is 24.0 Å². The van der Waals surface area contributed by atoms with Gasteiger partial charge in [-0.25, -0.2) is 4.79 Å². The number of aryl methyl sites for hydroxylation is 1. The van der Waals surface area contributed by atoms with E-state index in [0.29, 0.717) is 24.2 Å². The number of pyridine rings is 1. The Morgan fingerprint density at radius 1 is 1.11 bits per heavy atom. The lowest BCUT2D eigenvalue weighted by molar-refractivity contribution is -0.140. The summed E-state index contributed by atoms with van der Waals surface area (Å²) >= 11 is 0. The van der Waals surface area contributed by atoms with Crippen LogP contribution in [0.15, 0.2) is 30.5 Å². The Hall–Kier alpha value is -2.57. The number of hydrogen-bond acceptors (Lipinski definition) is 3. The van der Waals surface area contributed by atoms with Crippen LogP contribution in [0.1, 0.15) is 43.2 Å². The number of alkyl halides is 3. The van der Waals surface area contributed by atoms with Gasteiger partial charge >= 0.3 is 12.3 Å². The standard InChI is InChI=1S/C20H21F3N2O2/c1-12-7-8-24-17(20(21,22)23)16(12)13-5-6-14-10-25(11-15(14)9-13)18(26)27-19(2,3)4/h5-9H,10-11H2,1-4H3. The average Bonchev–Trinajstić information content (AvgIpc) is 2.95. The molecule has 144 valence electrons. The zero-order valence-electron chi connectivity index (χ0n) is 15.6. The molecule has 27 heavy (non-hydrogen) atoms. The van der Waals surface area contributed by atoms with Gasteiger partial charge in [0.15, 0.2) is 5.69 Å². The Morgan fingerprint density at radius 2 is 1.78 bits per heavy atom. The van der Waals surface area contributed by atoms with Gasteiger partial charge in [-0.1, -0.05) is 12.1 Å². The summed E-state index contributed by atoms with van der Waals surface area (Å²) in [7, 11) is 0. The molecule has 1 aromatic heterocycles. The second-order valence-corrected chi connectivity index (χ2v) is 7.67. The van der Waals surface area contributed by atoms with E-state index in [-0.39, 0.29) is 5.56 Å². The normalized spacial score (nSPS) is 14.3. The molecule has 0 saturated carbocycles. The highest BCUT2D eigenvalue weighted by atomic mass is 19.4. The van der Waals surface area contributed by atoms with Gasteiger partial charge < -0.3 is 4.74 Å². The van der Waals surface area contributed by atoms with Crippen molar-refractivity contribution in [3.8, 4) is 11.1 Å². The van der Waals surface area contributed by atoms with Crippen molar-refractivity contribution in [2.24, 2.45) is 0 Å². The van der Waals surface area contributed by atoms with E-state index in [1.54, 1.807) is 56.9 Å². The number of rotatable bonds is 1. The van der Waals surface area contributed by atoms with E-state index >= 15 is 0 Å². The largest absolute Gasteiger partial charge is 0.444 e. The molecule has 0 bridgehead atoms. The molecule has 7 heteroatoms. The molecule has 1 aromatic carbocycles. The van der Waals surface area contributed by atoms with Gasteiger partial charge in [-0.15, -0.1) is 0 Å². The summed E-state index contributed by atoms with van der Waals surface area (Å²) in [6, 6.07) is 6.68. The molecule has 0 spiro atoms. The number of fused-ring (bicyclic) bond motifs is 1. The molecule has 1 aliphatic rings. The summed E-state index contributed by atoms with van der Waals surface area (Å²) in [5, 5.41) is 0. The fourth-order valence-electron chi connectivity index (χ4n) is 3.14. The summed E-state index contributed by atoms with van der Waals surface area (Å²) in [6.07, 6.45) is -3.81. The molecular formula is C20H21F3N2O2. The lowest BCUT2D eigenvalue weighted by Crippen LogP contribution is -2.33. The number of hydrogen-bond donors (Lipinski definition) is 0. The van der Waals surface area contributed by atoms with Crippen LogP contribution in [0.2, 0.25) is 0 Å². The number of nitrogens with zero attached hydrogens (tertiary/aromatic N) is 2. The Labute approximate surface area is 156 Å². The van der Waals surface area contributed by atoms with E-state index < -0.39 is 23.6 Å². The van der Waals surface area contributed by atoms with E-state index in [1.807, 2.05) is 0 Å². The molecule has 0 radical (unpaired) electrons. The maximum absolute atomic E-state index is 13.4. The van der Waals surface area contributed by atoms with E-state index in [0.717, 1.165) is 11.1 Å². The zero-order valence-corrected chi connectivity index (χ0v) is 15.6. The summed E-state index contributed by atoms with van der Waals surface area (Å²) in [5.74, 6) is 0. The van der Waals surface area contributed by atoms with Crippen molar-refractivity contribution in [1.82, 2.24) is 9.88 Å². The number of benzene rings is 1. The number of carbonyl (C=O) groups is 1. The molecule has 4 nitrogen and oxygen atoms in total. The van der Waals surface area contributed by atoms with Crippen molar-refractivity contribution in [2.45, 2.75) is 52.6 Å². The molecular weight excluding hydrogens is 357 g/mol. The highest BCUT2D eigenvalue weighted by Crippen LogP contribution is 2.38. The van der Waals surface area contributed by atoms with Crippen LogP contribution in [0.3, 0.4) is 0 Å². The van der Waals surface area contributed by atoms with Crippen molar-refractivity contribution in [3.05, 3.63) is 52.8 Å². The maximum atomic E-state index is 13.4. The first-order chi connectivity index (χ1) is 12.5. The Morgan fingerprint density at radius 3 is 2.41 bits per heavy atom. The quantitative estimate of drug-likeness (QED) is 0.674. The lowest BCUT2D eigenvalue weighted by Gasteiger charge is -2.24. The fourth-order valence-corrected chi connectivity index (χ4v) is 3.14. The van der Waals surface area contributed by atoms with E-state index in [9.17, 15) is 18.0 Å². The van der Waals surface area contributed by atoms with Crippen LogP contribution in [0.5, 0.6) is 0 Å². The number of ether oxygens (including phenoxy) is 1. The van der Waals surface area contributed by atoms with Crippen LogP contribution in [0.4, 0.5) is 18.0 Å². The second-order valence-electron chi connectivity index (χ2n) is 7.67. The molecule has 0 aliphatic carbocycles. The zero-order chi connectivity index (χ0) is 20.0. The minimum absolute atomic E-state index is 0.0727. The third kappa shape index (κ3) is 4.07. The fraction of sp³-hybridized carbons (Fsp3) is 0.400. The molecule has 2 aromatic rings. The Bertz CT molecular complexity index is 886. The SMILES string of the molecule is Cc1ccnc(C(F)(F)F)c1-c1ccc2c(c1)CN(C(=O)OC(C)(C)C)C2. The molecule has 0 unspecified atom stereocenters. The third-order valence-electron chi connectivity index (χ3n) is 4.30.